The van der Waals surface area contributed by atoms with Crippen molar-refractivity contribution in [3.63, 3.8) is 0 Å². The lowest BCUT2D eigenvalue weighted by Crippen LogP contribution is -2.22. The number of hydrogen-bond donors (Lipinski definition) is 1. The third-order valence-corrected chi connectivity index (χ3v) is 3.80. The van der Waals surface area contributed by atoms with Gasteiger partial charge in [-0.3, -0.25) is 4.79 Å². The highest BCUT2D eigenvalue weighted by molar-refractivity contribution is 5.80. The van der Waals surface area contributed by atoms with E-state index in [0.717, 1.165) is 36.7 Å². The Balaban J connectivity index is 1.70. The molecule has 1 aromatic rings. The van der Waals surface area contributed by atoms with Crippen molar-refractivity contribution >= 4 is 17.6 Å². The highest BCUT2D eigenvalue weighted by Crippen LogP contribution is 2.27. The fourth-order valence-electron chi connectivity index (χ4n) is 2.64. The summed E-state index contributed by atoms with van der Waals surface area (Å²) in [6.45, 7) is 1.33. The van der Waals surface area contributed by atoms with Gasteiger partial charge >= 0.3 is 5.97 Å². The Morgan fingerprint density at radius 2 is 2.33 bits per heavy atom. The van der Waals surface area contributed by atoms with Crippen LogP contribution in [0.5, 0.6) is 5.75 Å². The van der Waals surface area contributed by atoms with Crippen molar-refractivity contribution in [3.05, 3.63) is 36.5 Å². The number of allylic oxidation sites excluding steroid dienone is 1. The highest BCUT2D eigenvalue weighted by Gasteiger charge is 2.28. The van der Waals surface area contributed by atoms with E-state index in [1.165, 1.54) is 0 Å². The first-order chi connectivity index (χ1) is 10.2. The predicted molar refractivity (Wildman–Crippen MR) is 80.8 cm³/mol. The summed E-state index contributed by atoms with van der Waals surface area (Å²) in [6.07, 6.45) is 6.23. The van der Waals surface area contributed by atoms with Gasteiger partial charge in [0.05, 0.1) is 5.92 Å². The average molecular weight is 286 g/mol. The van der Waals surface area contributed by atoms with Crippen LogP contribution in [-0.4, -0.2) is 30.1 Å². The first kappa shape index (κ1) is 13.7. The molecule has 0 amide bonds. The molecule has 0 aliphatic carbocycles. The number of ether oxygens (including phenoxy) is 1. The molecule has 1 saturated heterocycles. The van der Waals surface area contributed by atoms with E-state index in [4.69, 9.17) is 9.84 Å². The zero-order chi connectivity index (χ0) is 14.7. The molecule has 0 aromatic heterocycles. The summed E-state index contributed by atoms with van der Waals surface area (Å²) in [5.41, 5.74) is 1.00. The summed E-state index contributed by atoms with van der Waals surface area (Å²) in [6, 6.07) is 7.76. The monoisotopic (exact) mass is 286 g/mol. The molecule has 3 rings (SSSR count). The molecular weight excluding hydrogens is 268 g/mol. The van der Waals surface area contributed by atoms with Gasteiger partial charge < -0.3 is 14.7 Å². The highest BCUT2D eigenvalue weighted by atomic mass is 16.5. The average Bonchev–Trinajstić information content (AvgIpc) is 2.99. The van der Waals surface area contributed by atoms with Gasteiger partial charge in [0, 0.05) is 37.5 Å². The van der Waals surface area contributed by atoms with Gasteiger partial charge in [-0.25, -0.2) is 4.99 Å². The van der Waals surface area contributed by atoms with E-state index in [0.29, 0.717) is 13.0 Å². The molecule has 0 radical (unpaired) electrons. The molecular formula is C16H18N2O3. The number of anilines is 1. The zero-order valence-corrected chi connectivity index (χ0v) is 11.7. The Labute approximate surface area is 123 Å². The molecule has 0 saturated carbocycles. The van der Waals surface area contributed by atoms with Crippen LogP contribution in [0.25, 0.3) is 0 Å². The third-order valence-electron chi connectivity index (χ3n) is 3.80. The molecule has 0 spiro atoms. The van der Waals surface area contributed by atoms with E-state index in [9.17, 15) is 4.79 Å². The van der Waals surface area contributed by atoms with Crippen LogP contribution in [0.2, 0.25) is 0 Å². The number of hydrogen-bond acceptors (Lipinski definition) is 4. The summed E-state index contributed by atoms with van der Waals surface area (Å²) >= 11 is 0. The normalized spacial score (nSPS) is 21.2. The van der Waals surface area contributed by atoms with Crippen molar-refractivity contribution < 1.29 is 14.6 Å². The first-order valence-electron chi connectivity index (χ1n) is 7.20. The molecule has 1 fully saturated rings. The van der Waals surface area contributed by atoms with Gasteiger partial charge in [0.25, 0.3) is 0 Å². The number of carboxylic acids is 1. The van der Waals surface area contributed by atoms with Crippen LogP contribution >= 0.6 is 0 Å². The fraction of sp³-hybridized carbons (Fsp3) is 0.375. The van der Waals surface area contributed by atoms with E-state index < -0.39 is 5.97 Å². The van der Waals surface area contributed by atoms with Crippen molar-refractivity contribution in [2.24, 2.45) is 10.9 Å². The lowest BCUT2D eigenvalue weighted by molar-refractivity contribution is -0.140. The van der Waals surface area contributed by atoms with Crippen molar-refractivity contribution in [1.29, 1.82) is 0 Å². The van der Waals surface area contributed by atoms with E-state index >= 15 is 0 Å². The van der Waals surface area contributed by atoms with Gasteiger partial charge in [-0.05, 0) is 25.0 Å². The fourth-order valence-corrected chi connectivity index (χ4v) is 2.64. The van der Waals surface area contributed by atoms with Crippen molar-refractivity contribution in [2.45, 2.75) is 19.3 Å². The van der Waals surface area contributed by atoms with Crippen molar-refractivity contribution in [2.75, 3.05) is 18.0 Å². The Morgan fingerprint density at radius 3 is 3.05 bits per heavy atom. The second-order valence-electron chi connectivity index (χ2n) is 5.32. The maximum Gasteiger partial charge on any atom is 0.308 e. The molecule has 5 heteroatoms. The molecule has 1 aromatic carbocycles. The van der Waals surface area contributed by atoms with Crippen LogP contribution in [-0.2, 0) is 4.79 Å². The van der Waals surface area contributed by atoms with Crippen LogP contribution in [0.1, 0.15) is 19.3 Å². The molecule has 2 aliphatic rings. The number of nitrogens with zero attached hydrogens (tertiary/aromatic N) is 2. The van der Waals surface area contributed by atoms with Gasteiger partial charge in [0.2, 0.25) is 0 Å². The predicted octanol–water partition coefficient (Wildman–Crippen LogP) is 2.68. The number of benzene rings is 1. The summed E-state index contributed by atoms with van der Waals surface area (Å²) < 4.78 is 5.79. The van der Waals surface area contributed by atoms with Gasteiger partial charge in [0.15, 0.2) is 5.90 Å². The lowest BCUT2D eigenvalue weighted by Gasteiger charge is -2.19. The molecule has 1 N–H and O–H groups in total. The molecule has 1 atom stereocenters. The van der Waals surface area contributed by atoms with E-state index in [2.05, 4.69) is 9.89 Å². The van der Waals surface area contributed by atoms with E-state index in [1.807, 2.05) is 30.3 Å². The summed E-state index contributed by atoms with van der Waals surface area (Å²) in [5.74, 6) is 0.482. The Bertz CT molecular complexity index is 595. The van der Waals surface area contributed by atoms with Gasteiger partial charge in [-0.1, -0.05) is 12.1 Å². The van der Waals surface area contributed by atoms with Crippen molar-refractivity contribution in [3.8, 4) is 5.75 Å². The quantitative estimate of drug-likeness (QED) is 0.928. The minimum atomic E-state index is -0.715. The Hall–Kier alpha value is -2.30. The summed E-state index contributed by atoms with van der Waals surface area (Å²) in [4.78, 5) is 17.3. The van der Waals surface area contributed by atoms with Gasteiger partial charge in [-0.15, -0.1) is 0 Å². The topological polar surface area (TPSA) is 62.1 Å². The van der Waals surface area contributed by atoms with Crippen LogP contribution in [0, 0.1) is 5.92 Å². The SMILES string of the molecule is O=C(O)C1CCN(c2cccc(OC3=NC=CCC3)c2)C1. The third kappa shape index (κ3) is 3.24. The van der Waals surface area contributed by atoms with Crippen molar-refractivity contribution in [1.82, 2.24) is 0 Å². The van der Waals surface area contributed by atoms with Crippen LogP contribution in [0.4, 0.5) is 5.69 Å². The molecule has 2 aliphatic heterocycles. The molecule has 5 nitrogen and oxygen atoms in total. The summed E-state index contributed by atoms with van der Waals surface area (Å²) in [5, 5.41) is 9.08. The minimum Gasteiger partial charge on any atom is -0.481 e. The maximum absolute atomic E-state index is 11.0. The van der Waals surface area contributed by atoms with Crippen LogP contribution in [0.15, 0.2) is 41.5 Å². The zero-order valence-electron chi connectivity index (χ0n) is 11.7. The minimum absolute atomic E-state index is 0.276. The molecule has 2 heterocycles. The maximum atomic E-state index is 11.0. The Morgan fingerprint density at radius 1 is 1.43 bits per heavy atom. The number of aliphatic imine (C=N–C) groups is 1. The largest absolute Gasteiger partial charge is 0.481 e. The number of carboxylic acid groups (broad SMARTS) is 1. The summed E-state index contributed by atoms with van der Waals surface area (Å²) in [7, 11) is 0. The van der Waals surface area contributed by atoms with Gasteiger partial charge in [-0.2, -0.15) is 0 Å². The Kier molecular flexibility index (Phi) is 3.90. The second-order valence-corrected chi connectivity index (χ2v) is 5.32. The number of carbonyl (C=O) groups is 1. The number of rotatable bonds is 3. The molecule has 110 valence electrons. The smallest absolute Gasteiger partial charge is 0.308 e. The molecule has 21 heavy (non-hydrogen) atoms. The van der Waals surface area contributed by atoms with Crippen LogP contribution < -0.4 is 9.64 Å². The molecule has 0 bridgehead atoms. The lowest BCUT2D eigenvalue weighted by atomic mass is 10.1. The van der Waals surface area contributed by atoms with E-state index in [1.54, 1.807) is 6.20 Å². The van der Waals surface area contributed by atoms with E-state index in [-0.39, 0.29) is 5.92 Å². The first-order valence-corrected chi connectivity index (χ1v) is 7.20. The van der Waals surface area contributed by atoms with Gasteiger partial charge in [0.1, 0.15) is 5.75 Å². The standard InChI is InChI=1S/C16H18N2O3/c19-16(20)12-7-9-18(11-12)13-4-3-5-14(10-13)21-15-6-1-2-8-17-15/h2-5,8,10,12H,1,6-7,9,11H2,(H,19,20). The number of aliphatic carboxylic acids is 1. The van der Waals surface area contributed by atoms with Crippen LogP contribution in [0.3, 0.4) is 0 Å². The molecule has 1 unspecified atom stereocenters. The second kappa shape index (κ2) is 5.99.